The predicted octanol–water partition coefficient (Wildman–Crippen LogP) is -1.11. The summed E-state index contributed by atoms with van der Waals surface area (Å²) in [6, 6.07) is 9.25. The smallest absolute Gasteiger partial charge is 0.543 e. The van der Waals surface area contributed by atoms with Gasteiger partial charge in [-0.1, -0.05) is 12.1 Å². The molecule has 0 bridgehead atoms. The molecule has 7 heteroatoms. The molecule has 0 aliphatic rings. The van der Waals surface area contributed by atoms with Gasteiger partial charge in [0.2, 0.25) is 0 Å². The molecule has 6 nitrogen and oxygen atoms in total. The first-order valence-corrected chi connectivity index (χ1v) is 4.86. The standard InChI is InChI=1S/2C6H5NO2.Co/c2*8-6(9)5-3-1-2-4-7-5;/h2*1-4H,(H,8,9);/q;;+2/p-2. The maximum Gasteiger partial charge on any atom is 2.00 e. The van der Waals surface area contributed by atoms with Crippen molar-refractivity contribution in [2.45, 2.75) is 0 Å². The van der Waals surface area contributed by atoms with E-state index >= 15 is 0 Å². The molecule has 0 aromatic carbocycles. The first-order valence-electron chi connectivity index (χ1n) is 4.86. The van der Waals surface area contributed by atoms with Crippen LogP contribution in [-0.2, 0) is 16.8 Å². The van der Waals surface area contributed by atoms with E-state index in [9.17, 15) is 19.8 Å². The Morgan fingerprint density at radius 3 is 1.32 bits per heavy atom. The largest absolute Gasteiger partial charge is 2.00 e. The van der Waals surface area contributed by atoms with Gasteiger partial charge < -0.3 is 19.8 Å². The third kappa shape index (κ3) is 6.29. The van der Waals surface area contributed by atoms with Gasteiger partial charge in [0.05, 0.1) is 23.3 Å². The third-order valence-electron chi connectivity index (χ3n) is 1.75. The minimum absolute atomic E-state index is 0. The number of carbonyl (C=O) groups excluding carboxylic acids is 2. The van der Waals surface area contributed by atoms with Gasteiger partial charge in [0.15, 0.2) is 0 Å². The molecule has 0 atom stereocenters. The van der Waals surface area contributed by atoms with Crippen molar-refractivity contribution in [3.05, 3.63) is 60.2 Å². The van der Waals surface area contributed by atoms with Crippen LogP contribution < -0.4 is 10.2 Å². The van der Waals surface area contributed by atoms with Crippen LogP contribution in [0.4, 0.5) is 0 Å². The Labute approximate surface area is 119 Å². The van der Waals surface area contributed by atoms with E-state index in [0.29, 0.717) is 0 Å². The molecule has 0 N–H and O–H groups in total. The molecule has 0 aliphatic heterocycles. The summed E-state index contributed by atoms with van der Waals surface area (Å²) in [6.07, 6.45) is 2.82. The summed E-state index contributed by atoms with van der Waals surface area (Å²) >= 11 is 0. The van der Waals surface area contributed by atoms with Crippen LogP contribution in [0.3, 0.4) is 0 Å². The molecule has 0 aliphatic carbocycles. The molecule has 0 fully saturated rings. The fraction of sp³-hybridized carbons (Fsp3) is 0. The first kappa shape index (κ1) is 16.7. The molecule has 0 amide bonds. The Hall–Kier alpha value is -2.25. The van der Waals surface area contributed by atoms with E-state index in [0.717, 1.165) is 0 Å². The topological polar surface area (TPSA) is 106 Å². The number of carbonyl (C=O) groups is 2. The predicted molar refractivity (Wildman–Crippen MR) is 57.1 cm³/mol. The van der Waals surface area contributed by atoms with Crippen molar-refractivity contribution in [2.75, 3.05) is 0 Å². The van der Waals surface area contributed by atoms with Gasteiger partial charge in [-0.25, -0.2) is 0 Å². The van der Waals surface area contributed by atoms with Crippen molar-refractivity contribution in [1.82, 2.24) is 9.97 Å². The van der Waals surface area contributed by atoms with Gasteiger partial charge in [-0.2, -0.15) is 0 Å². The van der Waals surface area contributed by atoms with Crippen molar-refractivity contribution in [3.63, 3.8) is 0 Å². The molecule has 2 heterocycles. The van der Waals surface area contributed by atoms with E-state index < -0.39 is 11.9 Å². The van der Waals surface area contributed by atoms with Crippen LogP contribution >= 0.6 is 0 Å². The molecule has 0 unspecified atom stereocenters. The Morgan fingerprint density at radius 2 is 1.16 bits per heavy atom. The van der Waals surface area contributed by atoms with Crippen LogP contribution in [0, 0.1) is 0 Å². The van der Waals surface area contributed by atoms with Crippen molar-refractivity contribution in [1.29, 1.82) is 0 Å². The molecule has 0 saturated heterocycles. The molecular formula is C12H8CoN2O4. The minimum Gasteiger partial charge on any atom is -0.543 e. The van der Waals surface area contributed by atoms with Crippen molar-refractivity contribution in [2.24, 2.45) is 0 Å². The van der Waals surface area contributed by atoms with Gasteiger partial charge in [0, 0.05) is 12.4 Å². The van der Waals surface area contributed by atoms with Crippen LogP contribution in [0.1, 0.15) is 21.0 Å². The zero-order chi connectivity index (χ0) is 13.4. The van der Waals surface area contributed by atoms with Gasteiger partial charge >= 0.3 is 16.8 Å². The van der Waals surface area contributed by atoms with E-state index in [-0.39, 0.29) is 28.2 Å². The minimum atomic E-state index is -1.24. The first-order chi connectivity index (χ1) is 8.61. The zero-order valence-corrected chi connectivity index (χ0v) is 10.5. The molecule has 2 rings (SSSR count). The second-order valence-electron chi connectivity index (χ2n) is 3.00. The summed E-state index contributed by atoms with van der Waals surface area (Å²) in [7, 11) is 0. The van der Waals surface area contributed by atoms with E-state index in [1.54, 1.807) is 24.3 Å². The average Bonchev–Trinajstić information content (AvgIpc) is 2.41. The van der Waals surface area contributed by atoms with Crippen LogP contribution in [0.25, 0.3) is 0 Å². The molecule has 19 heavy (non-hydrogen) atoms. The van der Waals surface area contributed by atoms with E-state index in [4.69, 9.17) is 0 Å². The third-order valence-corrected chi connectivity index (χ3v) is 1.75. The number of hydrogen-bond acceptors (Lipinski definition) is 6. The van der Waals surface area contributed by atoms with Gasteiger partial charge in [0.25, 0.3) is 0 Å². The van der Waals surface area contributed by atoms with Gasteiger partial charge in [-0.3, -0.25) is 9.97 Å². The molecule has 2 aromatic rings. The van der Waals surface area contributed by atoms with Crippen molar-refractivity contribution in [3.8, 4) is 0 Å². The Kier molecular flexibility index (Phi) is 7.74. The SMILES string of the molecule is O=C([O-])c1ccccn1.O=C([O-])c1ccccn1.[Co+2]. The van der Waals surface area contributed by atoms with E-state index in [2.05, 4.69) is 9.97 Å². The number of carboxylic acids is 2. The Bertz CT molecular complexity index is 470. The quantitative estimate of drug-likeness (QED) is 0.696. The molecule has 0 spiro atoms. The number of pyridine rings is 2. The Balaban J connectivity index is 0.000000324. The van der Waals surface area contributed by atoms with Gasteiger partial charge in [-0.15, -0.1) is 0 Å². The van der Waals surface area contributed by atoms with Gasteiger partial charge in [-0.05, 0) is 24.3 Å². The second kappa shape index (κ2) is 8.78. The van der Waals surface area contributed by atoms with E-state index in [1.807, 2.05) is 0 Å². The number of aromatic carboxylic acids is 2. The number of rotatable bonds is 2. The summed E-state index contributed by atoms with van der Waals surface area (Å²) in [5.41, 5.74) is -0.0602. The number of carboxylic acid groups (broad SMARTS) is 2. The fourth-order valence-corrected chi connectivity index (χ4v) is 0.967. The number of aromatic nitrogens is 2. The van der Waals surface area contributed by atoms with Gasteiger partial charge in [0.1, 0.15) is 0 Å². The van der Waals surface area contributed by atoms with Crippen LogP contribution in [0.15, 0.2) is 48.8 Å². The zero-order valence-electron chi connectivity index (χ0n) is 9.48. The van der Waals surface area contributed by atoms with Crippen LogP contribution in [0.5, 0.6) is 0 Å². The average molecular weight is 303 g/mol. The summed E-state index contributed by atoms with van der Waals surface area (Å²) in [4.78, 5) is 27.1. The maximum atomic E-state index is 10.0. The summed E-state index contributed by atoms with van der Waals surface area (Å²) in [6.45, 7) is 0. The molecule has 2 aromatic heterocycles. The molecule has 0 saturated carbocycles. The Morgan fingerprint density at radius 1 is 0.789 bits per heavy atom. The molecule has 1 radical (unpaired) electrons. The molecule has 99 valence electrons. The monoisotopic (exact) mass is 303 g/mol. The summed E-state index contributed by atoms with van der Waals surface area (Å²) in [5, 5.41) is 20.1. The van der Waals surface area contributed by atoms with E-state index in [1.165, 1.54) is 24.5 Å². The van der Waals surface area contributed by atoms with Crippen LogP contribution in [-0.4, -0.2) is 21.9 Å². The number of hydrogen-bond donors (Lipinski definition) is 0. The maximum absolute atomic E-state index is 10.0. The summed E-state index contributed by atoms with van der Waals surface area (Å²) < 4.78 is 0. The second-order valence-corrected chi connectivity index (χ2v) is 3.00. The van der Waals surface area contributed by atoms with Crippen LogP contribution in [0.2, 0.25) is 0 Å². The fourth-order valence-electron chi connectivity index (χ4n) is 0.967. The molecular weight excluding hydrogens is 295 g/mol. The van der Waals surface area contributed by atoms with Crippen molar-refractivity contribution >= 4 is 11.9 Å². The number of nitrogens with zero attached hydrogens (tertiary/aromatic N) is 2. The van der Waals surface area contributed by atoms with Crippen molar-refractivity contribution < 1.29 is 36.6 Å². The summed E-state index contributed by atoms with van der Waals surface area (Å²) in [5.74, 6) is -2.48. The normalized spacial score (nSPS) is 8.42.